The van der Waals surface area contributed by atoms with Crippen molar-refractivity contribution in [2.45, 2.75) is 37.1 Å². The monoisotopic (exact) mass is 471 g/mol. The van der Waals surface area contributed by atoms with Gasteiger partial charge in [0.05, 0.1) is 18.4 Å². The summed E-state index contributed by atoms with van der Waals surface area (Å²) < 4.78 is 32.4. The molecule has 0 bridgehead atoms. The highest BCUT2D eigenvalue weighted by molar-refractivity contribution is 7.89. The van der Waals surface area contributed by atoms with Crippen molar-refractivity contribution in [3.8, 4) is 5.75 Å². The molecule has 178 valence electrons. The van der Waals surface area contributed by atoms with Crippen LogP contribution in [0.3, 0.4) is 0 Å². The summed E-state index contributed by atoms with van der Waals surface area (Å²) in [5.74, 6) is 0.942. The second-order valence-electron chi connectivity index (χ2n) is 8.79. The number of hydrogen-bond acceptors (Lipinski definition) is 5. The maximum Gasteiger partial charge on any atom is 0.243 e. The fourth-order valence-electron chi connectivity index (χ4n) is 4.46. The Morgan fingerprint density at radius 3 is 2.03 bits per heavy atom. The quantitative estimate of drug-likeness (QED) is 0.621. The van der Waals surface area contributed by atoms with E-state index in [0.29, 0.717) is 37.5 Å². The predicted molar refractivity (Wildman–Crippen MR) is 128 cm³/mol. The van der Waals surface area contributed by atoms with Gasteiger partial charge < -0.3 is 9.64 Å². The van der Waals surface area contributed by atoms with Crippen LogP contribution in [-0.2, 0) is 27.8 Å². The number of sulfonamides is 1. The third-order valence-corrected chi connectivity index (χ3v) is 8.43. The van der Waals surface area contributed by atoms with E-state index in [1.165, 1.54) is 5.56 Å². The molecule has 4 rings (SSSR count). The smallest absolute Gasteiger partial charge is 0.243 e. The summed E-state index contributed by atoms with van der Waals surface area (Å²) in [6.45, 7) is 5.13. The molecular weight excluding hydrogens is 438 g/mol. The number of rotatable bonds is 7. The molecule has 0 saturated carbocycles. The Balaban J connectivity index is 1.27. The molecule has 7 nitrogen and oxygen atoms in total. The van der Waals surface area contributed by atoms with Gasteiger partial charge in [0.1, 0.15) is 5.75 Å². The molecule has 0 atom stereocenters. The number of hydrogen-bond donors (Lipinski definition) is 0. The first-order valence-electron chi connectivity index (χ1n) is 11.7. The van der Waals surface area contributed by atoms with E-state index in [0.717, 1.165) is 50.2 Å². The molecule has 8 heteroatoms. The van der Waals surface area contributed by atoms with E-state index in [-0.39, 0.29) is 5.91 Å². The summed E-state index contributed by atoms with van der Waals surface area (Å²) in [4.78, 5) is 17.4. The minimum absolute atomic E-state index is 0.0886. The number of amides is 1. The van der Waals surface area contributed by atoms with Crippen molar-refractivity contribution < 1.29 is 17.9 Å². The van der Waals surface area contributed by atoms with Crippen LogP contribution in [0, 0.1) is 0 Å². The van der Waals surface area contributed by atoms with Crippen LogP contribution in [0.2, 0.25) is 0 Å². The molecule has 0 spiro atoms. The second-order valence-corrected chi connectivity index (χ2v) is 10.7. The third kappa shape index (κ3) is 5.93. The number of benzene rings is 2. The molecule has 0 radical (unpaired) electrons. The lowest BCUT2D eigenvalue weighted by molar-refractivity contribution is -0.132. The highest BCUT2D eigenvalue weighted by atomic mass is 32.2. The molecule has 0 unspecified atom stereocenters. The lowest BCUT2D eigenvalue weighted by atomic mass is 10.1. The zero-order valence-corrected chi connectivity index (χ0v) is 20.1. The van der Waals surface area contributed by atoms with Gasteiger partial charge in [-0.25, -0.2) is 8.42 Å². The van der Waals surface area contributed by atoms with Crippen LogP contribution >= 0.6 is 0 Å². The van der Waals surface area contributed by atoms with Gasteiger partial charge in [-0.2, -0.15) is 4.31 Å². The second kappa shape index (κ2) is 10.7. The molecule has 33 heavy (non-hydrogen) atoms. The first-order valence-corrected chi connectivity index (χ1v) is 13.1. The normalized spacial score (nSPS) is 18.3. The molecule has 2 heterocycles. The number of ether oxygens (including phenoxy) is 1. The van der Waals surface area contributed by atoms with Crippen molar-refractivity contribution in [1.82, 2.24) is 14.1 Å². The van der Waals surface area contributed by atoms with Crippen LogP contribution in [0.4, 0.5) is 0 Å². The van der Waals surface area contributed by atoms with Gasteiger partial charge in [0.15, 0.2) is 0 Å². The fraction of sp³-hybridized carbons (Fsp3) is 0.480. The topological polar surface area (TPSA) is 70.2 Å². The predicted octanol–water partition coefficient (Wildman–Crippen LogP) is 2.76. The van der Waals surface area contributed by atoms with Crippen LogP contribution in [-0.4, -0.2) is 74.8 Å². The van der Waals surface area contributed by atoms with Crippen molar-refractivity contribution in [2.24, 2.45) is 0 Å². The summed E-state index contributed by atoms with van der Waals surface area (Å²) in [6, 6.07) is 14.9. The Kier molecular flexibility index (Phi) is 7.67. The summed E-state index contributed by atoms with van der Waals surface area (Å²) in [5, 5.41) is 0. The highest BCUT2D eigenvalue weighted by Crippen LogP contribution is 2.21. The maximum atomic E-state index is 12.8. The Hall–Kier alpha value is -2.42. The first-order chi connectivity index (χ1) is 16.0. The van der Waals surface area contributed by atoms with Gasteiger partial charge in [-0.15, -0.1) is 0 Å². The van der Waals surface area contributed by atoms with Crippen molar-refractivity contribution >= 4 is 15.9 Å². The van der Waals surface area contributed by atoms with Gasteiger partial charge in [0.2, 0.25) is 15.9 Å². The molecule has 2 fully saturated rings. The minimum atomic E-state index is -3.44. The van der Waals surface area contributed by atoms with Gasteiger partial charge in [-0.1, -0.05) is 30.7 Å². The maximum absolute atomic E-state index is 12.8. The summed E-state index contributed by atoms with van der Waals surface area (Å²) in [6.07, 6.45) is 3.21. The molecule has 2 aliphatic heterocycles. The lowest BCUT2D eigenvalue weighted by Crippen LogP contribution is -2.48. The fourth-order valence-corrected chi connectivity index (χ4v) is 5.98. The Morgan fingerprint density at radius 2 is 1.42 bits per heavy atom. The van der Waals surface area contributed by atoms with Gasteiger partial charge in [0.25, 0.3) is 0 Å². The largest absolute Gasteiger partial charge is 0.497 e. The number of methoxy groups -OCH3 is 1. The summed E-state index contributed by atoms with van der Waals surface area (Å²) in [7, 11) is -1.77. The van der Waals surface area contributed by atoms with Crippen molar-refractivity contribution in [1.29, 1.82) is 0 Å². The van der Waals surface area contributed by atoms with E-state index in [1.807, 2.05) is 17.0 Å². The van der Waals surface area contributed by atoms with E-state index in [1.54, 1.807) is 35.7 Å². The molecule has 2 aliphatic rings. The van der Waals surface area contributed by atoms with Gasteiger partial charge in [-0.05, 0) is 48.2 Å². The van der Waals surface area contributed by atoms with Crippen molar-refractivity contribution in [2.75, 3.05) is 46.4 Å². The lowest BCUT2D eigenvalue weighted by Gasteiger charge is -2.35. The average molecular weight is 472 g/mol. The summed E-state index contributed by atoms with van der Waals surface area (Å²) in [5.41, 5.74) is 2.08. The van der Waals surface area contributed by atoms with E-state index in [9.17, 15) is 13.2 Å². The third-order valence-electron chi connectivity index (χ3n) is 6.52. The average Bonchev–Trinajstić information content (AvgIpc) is 2.86. The van der Waals surface area contributed by atoms with Crippen LogP contribution < -0.4 is 4.74 Å². The van der Waals surface area contributed by atoms with Gasteiger partial charge in [0, 0.05) is 45.8 Å². The molecule has 0 N–H and O–H groups in total. The number of carbonyl (C=O) groups excluding carboxylic acids is 1. The molecule has 0 aromatic heterocycles. The van der Waals surface area contributed by atoms with Crippen LogP contribution in [0.1, 0.15) is 30.4 Å². The molecule has 2 saturated heterocycles. The Labute approximate surface area is 197 Å². The Bertz CT molecular complexity index is 1020. The SMILES string of the molecule is COc1ccc(CN2CCN(C(=O)Cc3ccc(S(=O)(=O)N4CCCCC4)cc3)CC2)cc1. The molecule has 2 aromatic rings. The van der Waals surface area contributed by atoms with Crippen molar-refractivity contribution in [3.05, 3.63) is 59.7 Å². The minimum Gasteiger partial charge on any atom is -0.497 e. The zero-order chi connectivity index (χ0) is 23.3. The van der Waals surface area contributed by atoms with Crippen LogP contribution in [0.5, 0.6) is 5.75 Å². The highest BCUT2D eigenvalue weighted by Gasteiger charge is 2.26. The first kappa shape index (κ1) is 23.7. The molecular formula is C25H33N3O4S. The standard InChI is InChI=1S/C25H33N3O4S/c1-32-23-9-5-22(6-10-23)20-26-15-17-27(18-16-26)25(29)19-21-7-11-24(12-8-21)33(30,31)28-13-3-2-4-14-28/h5-12H,2-4,13-20H2,1H3. The van der Waals surface area contributed by atoms with E-state index in [2.05, 4.69) is 17.0 Å². The van der Waals surface area contributed by atoms with E-state index >= 15 is 0 Å². The van der Waals surface area contributed by atoms with Gasteiger partial charge >= 0.3 is 0 Å². The number of nitrogens with zero attached hydrogens (tertiary/aromatic N) is 3. The molecule has 1 amide bonds. The number of piperazine rings is 1. The Morgan fingerprint density at radius 1 is 0.818 bits per heavy atom. The van der Waals surface area contributed by atoms with Gasteiger partial charge in [-0.3, -0.25) is 9.69 Å². The van der Waals surface area contributed by atoms with Crippen LogP contribution in [0.15, 0.2) is 53.4 Å². The van der Waals surface area contributed by atoms with E-state index in [4.69, 9.17) is 4.74 Å². The van der Waals surface area contributed by atoms with Crippen LogP contribution in [0.25, 0.3) is 0 Å². The zero-order valence-electron chi connectivity index (χ0n) is 19.3. The number of carbonyl (C=O) groups is 1. The molecule has 0 aliphatic carbocycles. The van der Waals surface area contributed by atoms with Crippen molar-refractivity contribution in [3.63, 3.8) is 0 Å². The molecule has 2 aromatic carbocycles. The summed E-state index contributed by atoms with van der Waals surface area (Å²) >= 11 is 0. The number of piperidine rings is 1. The van der Waals surface area contributed by atoms with E-state index < -0.39 is 10.0 Å².